The Morgan fingerprint density at radius 2 is 1.62 bits per heavy atom. The molecule has 1 amide bonds. The van der Waals surface area contributed by atoms with Crippen molar-refractivity contribution in [1.82, 2.24) is 5.32 Å². The second kappa shape index (κ2) is 12.4. The van der Waals surface area contributed by atoms with E-state index in [1.165, 1.54) is 32.1 Å². The minimum absolute atomic E-state index is 0.224. The molecular weight excluding hydrogens is 318 g/mol. The minimum atomic E-state index is -1.83. The van der Waals surface area contributed by atoms with Gasteiger partial charge in [-0.3, -0.25) is 4.79 Å². The number of hydrogen-bond acceptors (Lipinski definition) is 5. The van der Waals surface area contributed by atoms with Crippen LogP contribution in [0.25, 0.3) is 0 Å². The number of carbonyl (C=O) groups excluding carboxylic acids is 2. The number of rotatable bonds is 6. The van der Waals surface area contributed by atoms with Gasteiger partial charge in [-0.1, -0.05) is 40.0 Å². The summed E-state index contributed by atoms with van der Waals surface area (Å²) in [5.74, 6) is -0.0236. The normalized spacial score (nSPS) is 15.7. The first-order valence-electron chi connectivity index (χ1n) is 8.33. The van der Waals surface area contributed by atoms with Crippen molar-refractivity contribution >= 4 is 18.2 Å². The third-order valence-corrected chi connectivity index (χ3v) is 3.55. The third kappa shape index (κ3) is 11.6. The van der Waals surface area contributed by atoms with Gasteiger partial charge in [0.1, 0.15) is 0 Å². The van der Waals surface area contributed by atoms with Gasteiger partial charge in [0.25, 0.3) is 0 Å². The van der Waals surface area contributed by atoms with Crippen LogP contribution >= 0.6 is 0 Å². The van der Waals surface area contributed by atoms with E-state index >= 15 is 0 Å². The van der Waals surface area contributed by atoms with Gasteiger partial charge >= 0.3 is 18.2 Å². The molecule has 0 spiro atoms. The number of amides is 1. The molecule has 0 aromatic heterocycles. The molecule has 0 aliphatic heterocycles. The molecule has 0 radical (unpaired) electrons. The largest absolute Gasteiger partial charge is 0.503 e. The Labute approximate surface area is 142 Å². The Balaban J connectivity index is 0.00000118. The van der Waals surface area contributed by atoms with Gasteiger partial charge in [-0.25, -0.2) is 9.59 Å². The lowest BCUT2D eigenvalue weighted by atomic mass is 9.89. The average molecular weight is 347 g/mol. The zero-order valence-corrected chi connectivity index (χ0v) is 14.6. The Hall–Kier alpha value is -1.99. The summed E-state index contributed by atoms with van der Waals surface area (Å²) in [6.45, 7) is 5.95. The average Bonchev–Trinajstić information content (AvgIpc) is 2.52. The number of alkyl carbamates (subject to hydrolysis) is 1. The summed E-state index contributed by atoms with van der Waals surface area (Å²) in [6.07, 6.45) is 3.43. The van der Waals surface area contributed by atoms with Crippen molar-refractivity contribution in [1.29, 1.82) is 0 Å². The first kappa shape index (κ1) is 22.0. The van der Waals surface area contributed by atoms with Crippen LogP contribution in [-0.2, 0) is 14.3 Å². The third-order valence-electron chi connectivity index (χ3n) is 3.55. The van der Waals surface area contributed by atoms with Crippen LogP contribution < -0.4 is 5.32 Å². The SMILES string of the molecule is CCC(OC(=O)NCC1CCCCC1)OC(=O)C(C)C.O=C(O)O. The zero-order valence-electron chi connectivity index (χ0n) is 14.6. The van der Waals surface area contributed by atoms with Gasteiger partial charge in [0.05, 0.1) is 5.92 Å². The molecule has 0 heterocycles. The van der Waals surface area contributed by atoms with Gasteiger partial charge in [0.2, 0.25) is 6.29 Å². The van der Waals surface area contributed by atoms with Crippen molar-refractivity contribution in [2.75, 3.05) is 6.54 Å². The first-order valence-corrected chi connectivity index (χ1v) is 8.33. The highest BCUT2D eigenvalue weighted by molar-refractivity contribution is 5.72. The van der Waals surface area contributed by atoms with Crippen LogP contribution in [0.3, 0.4) is 0 Å². The molecule has 140 valence electrons. The van der Waals surface area contributed by atoms with E-state index in [2.05, 4.69) is 5.32 Å². The maximum absolute atomic E-state index is 11.7. The molecule has 0 aromatic rings. The van der Waals surface area contributed by atoms with Crippen LogP contribution in [0.4, 0.5) is 9.59 Å². The fourth-order valence-electron chi connectivity index (χ4n) is 2.24. The Kier molecular flexibility index (Phi) is 11.4. The number of carbonyl (C=O) groups is 3. The minimum Gasteiger partial charge on any atom is -0.450 e. The van der Waals surface area contributed by atoms with Crippen LogP contribution in [-0.4, -0.2) is 41.3 Å². The number of ether oxygens (including phenoxy) is 2. The molecule has 1 aliphatic carbocycles. The molecule has 1 rings (SSSR count). The van der Waals surface area contributed by atoms with Crippen molar-refractivity contribution in [2.24, 2.45) is 11.8 Å². The van der Waals surface area contributed by atoms with Crippen molar-refractivity contribution < 1.29 is 34.1 Å². The van der Waals surface area contributed by atoms with E-state index in [4.69, 9.17) is 24.5 Å². The van der Waals surface area contributed by atoms with E-state index in [0.717, 1.165) is 0 Å². The molecule has 24 heavy (non-hydrogen) atoms. The van der Waals surface area contributed by atoms with Crippen LogP contribution in [0.1, 0.15) is 59.3 Å². The highest BCUT2D eigenvalue weighted by Crippen LogP contribution is 2.22. The number of carboxylic acid groups (broad SMARTS) is 2. The Morgan fingerprint density at radius 1 is 1.08 bits per heavy atom. The standard InChI is InChI=1S/C15H27NO4.CH2O3/c1-4-13(19-14(17)11(2)3)20-15(18)16-10-12-8-6-5-7-9-12;2-1(3)4/h11-13H,4-10H2,1-3H3,(H,16,18);(H2,2,3,4). The van der Waals surface area contributed by atoms with E-state index in [9.17, 15) is 9.59 Å². The lowest BCUT2D eigenvalue weighted by Crippen LogP contribution is -2.35. The van der Waals surface area contributed by atoms with E-state index in [1.807, 2.05) is 6.92 Å². The monoisotopic (exact) mass is 347 g/mol. The Bertz CT molecular complexity index is 388. The maximum Gasteiger partial charge on any atom is 0.503 e. The summed E-state index contributed by atoms with van der Waals surface area (Å²) < 4.78 is 10.2. The Morgan fingerprint density at radius 3 is 2.08 bits per heavy atom. The topological polar surface area (TPSA) is 122 Å². The molecule has 3 N–H and O–H groups in total. The highest BCUT2D eigenvalue weighted by atomic mass is 16.7. The van der Waals surface area contributed by atoms with Gasteiger partial charge in [0, 0.05) is 13.0 Å². The van der Waals surface area contributed by atoms with E-state index in [0.29, 0.717) is 18.9 Å². The quantitative estimate of drug-likeness (QED) is 0.497. The van der Waals surface area contributed by atoms with Gasteiger partial charge < -0.3 is 25.0 Å². The van der Waals surface area contributed by atoms with Crippen LogP contribution in [0, 0.1) is 11.8 Å². The predicted octanol–water partition coefficient (Wildman–Crippen LogP) is 3.45. The summed E-state index contributed by atoms with van der Waals surface area (Å²) in [4.78, 5) is 31.7. The number of nitrogens with one attached hydrogen (secondary N) is 1. The number of hydrogen-bond donors (Lipinski definition) is 3. The summed E-state index contributed by atoms with van der Waals surface area (Å²) in [5.41, 5.74) is 0. The van der Waals surface area contributed by atoms with Crippen LogP contribution in [0.15, 0.2) is 0 Å². The maximum atomic E-state index is 11.7. The predicted molar refractivity (Wildman–Crippen MR) is 86.7 cm³/mol. The second-order valence-corrected chi connectivity index (χ2v) is 6.00. The lowest BCUT2D eigenvalue weighted by molar-refractivity contribution is -0.171. The summed E-state index contributed by atoms with van der Waals surface area (Å²) in [5, 5.41) is 16.7. The summed E-state index contributed by atoms with van der Waals surface area (Å²) in [6, 6.07) is 0. The summed E-state index contributed by atoms with van der Waals surface area (Å²) in [7, 11) is 0. The lowest BCUT2D eigenvalue weighted by Gasteiger charge is -2.22. The molecule has 1 unspecified atom stereocenters. The smallest absolute Gasteiger partial charge is 0.450 e. The second-order valence-electron chi connectivity index (χ2n) is 6.00. The van der Waals surface area contributed by atoms with Crippen molar-refractivity contribution in [3.05, 3.63) is 0 Å². The van der Waals surface area contributed by atoms with Crippen molar-refractivity contribution in [3.8, 4) is 0 Å². The van der Waals surface area contributed by atoms with Crippen molar-refractivity contribution in [3.63, 3.8) is 0 Å². The van der Waals surface area contributed by atoms with Gasteiger partial charge in [0.15, 0.2) is 0 Å². The van der Waals surface area contributed by atoms with Crippen molar-refractivity contribution in [2.45, 2.75) is 65.6 Å². The van der Waals surface area contributed by atoms with Crippen LogP contribution in [0.2, 0.25) is 0 Å². The summed E-state index contributed by atoms with van der Waals surface area (Å²) >= 11 is 0. The van der Waals surface area contributed by atoms with E-state index < -0.39 is 18.5 Å². The molecule has 0 saturated heterocycles. The molecule has 8 heteroatoms. The highest BCUT2D eigenvalue weighted by Gasteiger charge is 2.20. The first-order chi connectivity index (χ1) is 11.3. The van der Waals surface area contributed by atoms with Gasteiger partial charge in [-0.2, -0.15) is 0 Å². The molecule has 0 aromatic carbocycles. The van der Waals surface area contributed by atoms with Crippen LogP contribution in [0.5, 0.6) is 0 Å². The molecule has 1 aliphatic rings. The van der Waals surface area contributed by atoms with Gasteiger partial charge in [-0.15, -0.1) is 0 Å². The molecule has 1 atom stereocenters. The molecule has 1 saturated carbocycles. The molecule has 1 fully saturated rings. The zero-order chi connectivity index (χ0) is 18.5. The number of esters is 1. The van der Waals surface area contributed by atoms with E-state index in [1.54, 1.807) is 13.8 Å². The fourth-order valence-corrected chi connectivity index (χ4v) is 2.24. The van der Waals surface area contributed by atoms with E-state index in [-0.39, 0.29) is 11.9 Å². The molecule has 8 nitrogen and oxygen atoms in total. The van der Waals surface area contributed by atoms with Gasteiger partial charge in [-0.05, 0) is 18.8 Å². The fraction of sp³-hybridized carbons (Fsp3) is 0.812. The molecular formula is C16H29NO7. The molecule has 0 bridgehead atoms.